The molecule has 2 N–H and O–H groups in total. The van der Waals surface area contributed by atoms with Gasteiger partial charge in [0.2, 0.25) is 0 Å². The summed E-state index contributed by atoms with van der Waals surface area (Å²) in [5, 5.41) is 0. The highest BCUT2D eigenvalue weighted by Gasteiger charge is 2.32. The Morgan fingerprint density at radius 2 is 2.00 bits per heavy atom. The molecule has 0 spiro atoms. The molecule has 0 unspecified atom stereocenters. The van der Waals surface area contributed by atoms with Crippen molar-refractivity contribution in [2.45, 2.75) is 23.7 Å². The minimum absolute atomic E-state index is 0.260. The van der Waals surface area contributed by atoms with Crippen LogP contribution < -0.4 is 5.73 Å². The zero-order chi connectivity index (χ0) is 14.8. The zero-order valence-electron chi connectivity index (χ0n) is 10.7. The Morgan fingerprint density at radius 1 is 1.25 bits per heavy atom. The van der Waals surface area contributed by atoms with Gasteiger partial charge in [-0.05, 0) is 18.6 Å². The van der Waals surface area contributed by atoms with Crippen LogP contribution in [0.3, 0.4) is 0 Å². The van der Waals surface area contributed by atoms with E-state index in [1.165, 1.54) is 11.8 Å². The van der Waals surface area contributed by atoms with Crippen LogP contribution in [0, 0.1) is 6.92 Å². The number of hydrogen-bond acceptors (Lipinski definition) is 3. The predicted octanol–water partition coefficient (Wildman–Crippen LogP) is 4.28. The van der Waals surface area contributed by atoms with Crippen LogP contribution in [0.1, 0.15) is 16.8 Å². The SMILES string of the molecule is Cc1cccc(CSc2cc(C(F)(F)F)ncc2N)c1. The molecule has 0 amide bonds. The highest BCUT2D eigenvalue weighted by atomic mass is 32.2. The molecule has 0 saturated carbocycles. The maximum Gasteiger partial charge on any atom is 0.433 e. The van der Waals surface area contributed by atoms with E-state index in [0.717, 1.165) is 23.4 Å². The first-order chi connectivity index (χ1) is 9.36. The Hall–Kier alpha value is -1.69. The average molecular weight is 298 g/mol. The van der Waals surface area contributed by atoms with Gasteiger partial charge in [0.25, 0.3) is 0 Å². The molecular weight excluding hydrogens is 285 g/mol. The molecule has 1 aromatic carbocycles. The molecule has 2 nitrogen and oxygen atoms in total. The van der Waals surface area contributed by atoms with E-state index in [1.807, 2.05) is 31.2 Å². The number of aromatic nitrogens is 1. The number of anilines is 1. The Bertz CT molecular complexity index is 612. The lowest BCUT2D eigenvalue weighted by Crippen LogP contribution is -2.08. The Labute approximate surface area is 119 Å². The summed E-state index contributed by atoms with van der Waals surface area (Å²) in [6.45, 7) is 1.97. The topological polar surface area (TPSA) is 38.9 Å². The maximum absolute atomic E-state index is 12.6. The van der Waals surface area contributed by atoms with Crippen LogP contribution in [0.5, 0.6) is 0 Å². The molecule has 1 aromatic heterocycles. The van der Waals surface area contributed by atoms with Crippen LogP contribution >= 0.6 is 11.8 Å². The van der Waals surface area contributed by atoms with Crippen LogP contribution in [0.25, 0.3) is 0 Å². The second-order valence-electron chi connectivity index (χ2n) is 4.38. The summed E-state index contributed by atoms with van der Waals surface area (Å²) in [6, 6.07) is 8.81. The van der Waals surface area contributed by atoms with Gasteiger partial charge in [-0.2, -0.15) is 13.2 Å². The van der Waals surface area contributed by atoms with Gasteiger partial charge in [0, 0.05) is 10.6 Å². The number of alkyl halides is 3. The van der Waals surface area contributed by atoms with Crippen molar-refractivity contribution in [1.82, 2.24) is 4.98 Å². The number of nitrogen functional groups attached to an aromatic ring is 1. The van der Waals surface area contributed by atoms with Gasteiger partial charge in [-0.1, -0.05) is 29.8 Å². The van der Waals surface area contributed by atoms with Gasteiger partial charge in [-0.3, -0.25) is 0 Å². The number of aryl methyl sites for hydroxylation is 1. The van der Waals surface area contributed by atoms with Gasteiger partial charge in [0.15, 0.2) is 0 Å². The van der Waals surface area contributed by atoms with Gasteiger partial charge in [0.05, 0.1) is 11.9 Å². The van der Waals surface area contributed by atoms with Crippen LogP contribution in [0.2, 0.25) is 0 Å². The fraction of sp³-hybridized carbons (Fsp3) is 0.214. The summed E-state index contributed by atoms with van der Waals surface area (Å²) < 4.78 is 37.8. The van der Waals surface area contributed by atoms with Crippen molar-refractivity contribution < 1.29 is 13.2 Å². The standard InChI is InChI=1S/C14H13F3N2S/c1-9-3-2-4-10(5-9)8-20-12-6-13(14(15,16)17)19-7-11(12)18/h2-7H,8,18H2,1H3. The smallest absolute Gasteiger partial charge is 0.397 e. The Morgan fingerprint density at radius 3 is 2.65 bits per heavy atom. The minimum atomic E-state index is -4.45. The molecule has 2 rings (SSSR count). The Balaban J connectivity index is 2.17. The molecule has 0 saturated heterocycles. The van der Waals surface area contributed by atoms with Gasteiger partial charge < -0.3 is 5.73 Å². The number of benzene rings is 1. The highest BCUT2D eigenvalue weighted by Crippen LogP contribution is 2.34. The third-order valence-electron chi connectivity index (χ3n) is 2.66. The molecule has 0 fully saturated rings. The van der Waals surface area contributed by atoms with Crippen LogP contribution in [-0.4, -0.2) is 4.98 Å². The number of pyridine rings is 1. The first kappa shape index (κ1) is 14.7. The fourth-order valence-corrected chi connectivity index (χ4v) is 2.61. The molecule has 2 aromatic rings. The lowest BCUT2D eigenvalue weighted by atomic mass is 10.2. The van der Waals surface area contributed by atoms with E-state index in [1.54, 1.807) is 0 Å². The summed E-state index contributed by atoms with van der Waals surface area (Å²) in [7, 11) is 0. The lowest BCUT2D eigenvalue weighted by molar-refractivity contribution is -0.141. The van der Waals surface area contributed by atoms with Crippen molar-refractivity contribution >= 4 is 17.4 Å². The number of hydrogen-bond donors (Lipinski definition) is 1. The number of nitrogens with two attached hydrogens (primary N) is 1. The van der Waals surface area contributed by atoms with Crippen molar-refractivity contribution in [3.8, 4) is 0 Å². The first-order valence-corrected chi connectivity index (χ1v) is 6.86. The molecule has 0 aliphatic heterocycles. The Kier molecular flexibility index (Phi) is 4.23. The molecule has 106 valence electrons. The van der Waals surface area contributed by atoms with E-state index in [4.69, 9.17) is 5.73 Å². The largest absolute Gasteiger partial charge is 0.433 e. The molecule has 6 heteroatoms. The monoisotopic (exact) mass is 298 g/mol. The summed E-state index contributed by atoms with van der Waals surface area (Å²) in [6.07, 6.45) is -3.40. The minimum Gasteiger partial charge on any atom is -0.397 e. The fourth-order valence-electron chi connectivity index (χ4n) is 1.69. The summed E-state index contributed by atoms with van der Waals surface area (Å²) in [4.78, 5) is 3.71. The number of nitrogens with zero attached hydrogens (tertiary/aromatic N) is 1. The molecule has 0 radical (unpaired) electrons. The first-order valence-electron chi connectivity index (χ1n) is 5.87. The van der Waals surface area contributed by atoms with Gasteiger partial charge >= 0.3 is 6.18 Å². The van der Waals surface area contributed by atoms with Crippen LogP contribution in [0.15, 0.2) is 41.4 Å². The number of rotatable bonds is 3. The summed E-state index contributed by atoms with van der Waals surface area (Å²) in [5.74, 6) is 0.563. The van der Waals surface area contributed by atoms with Gasteiger partial charge in [-0.15, -0.1) is 11.8 Å². The van der Waals surface area contributed by atoms with E-state index in [0.29, 0.717) is 10.6 Å². The van der Waals surface area contributed by atoms with E-state index in [9.17, 15) is 13.2 Å². The summed E-state index contributed by atoms with van der Waals surface area (Å²) in [5.41, 5.74) is 7.17. The highest BCUT2D eigenvalue weighted by molar-refractivity contribution is 7.98. The molecule has 0 aliphatic carbocycles. The molecular formula is C14H13F3N2S. The van der Waals surface area contributed by atoms with Crippen molar-refractivity contribution in [1.29, 1.82) is 0 Å². The maximum atomic E-state index is 12.6. The van der Waals surface area contributed by atoms with Crippen molar-refractivity contribution in [3.05, 3.63) is 53.3 Å². The normalized spacial score (nSPS) is 11.6. The molecule has 1 heterocycles. The van der Waals surface area contributed by atoms with Gasteiger partial charge in [-0.25, -0.2) is 4.98 Å². The van der Waals surface area contributed by atoms with Crippen LogP contribution in [0.4, 0.5) is 18.9 Å². The lowest BCUT2D eigenvalue weighted by Gasteiger charge is -2.10. The van der Waals surface area contributed by atoms with Crippen LogP contribution in [-0.2, 0) is 11.9 Å². The number of thioether (sulfide) groups is 1. The van der Waals surface area contributed by atoms with Crippen molar-refractivity contribution in [3.63, 3.8) is 0 Å². The molecule has 0 atom stereocenters. The third kappa shape index (κ3) is 3.66. The van der Waals surface area contributed by atoms with Crippen molar-refractivity contribution in [2.75, 3.05) is 5.73 Å². The van der Waals surface area contributed by atoms with E-state index in [2.05, 4.69) is 4.98 Å². The zero-order valence-corrected chi connectivity index (χ0v) is 11.6. The molecule has 0 bridgehead atoms. The van der Waals surface area contributed by atoms with Gasteiger partial charge in [0.1, 0.15) is 5.69 Å². The molecule has 0 aliphatic rings. The predicted molar refractivity (Wildman–Crippen MR) is 74.4 cm³/mol. The molecule has 20 heavy (non-hydrogen) atoms. The quantitative estimate of drug-likeness (QED) is 0.859. The van der Waals surface area contributed by atoms with E-state index < -0.39 is 11.9 Å². The summed E-state index contributed by atoms with van der Waals surface area (Å²) >= 11 is 1.27. The third-order valence-corrected chi connectivity index (χ3v) is 3.80. The number of halogens is 3. The van der Waals surface area contributed by atoms with E-state index in [-0.39, 0.29) is 5.69 Å². The second kappa shape index (κ2) is 5.75. The second-order valence-corrected chi connectivity index (χ2v) is 5.40. The van der Waals surface area contributed by atoms with Crippen molar-refractivity contribution in [2.24, 2.45) is 0 Å². The van der Waals surface area contributed by atoms with E-state index >= 15 is 0 Å². The average Bonchev–Trinajstić information content (AvgIpc) is 2.36.